The molecule has 0 radical (unpaired) electrons. The standard InChI is InChI=1S/C12H13N5OS/c1-7(2)17-11(18)15-16-12(17)19-10-4-3-8(6-13)5-9(10)14/h3-5,7H,14H2,1-2H3,(H,15,18). The van der Waals surface area contributed by atoms with Crippen molar-refractivity contribution >= 4 is 17.4 Å². The zero-order chi connectivity index (χ0) is 14.0. The van der Waals surface area contributed by atoms with Gasteiger partial charge in [-0.2, -0.15) is 5.26 Å². The summed E-state index contributed by atoms with van der Waals surface area (Å²) >= 11 is 1.30. The first-order chi connectivity index (χ1) is 9.02. The second-order valence-corrected chi connectivity index (χ2v) is 5.25. The maximum absolute atomic E-state index is 11.6. The number of nitrogens with one attached hydrogen (secondary N) is 1. The molecule has 3 N–H and O–H groups in total. The Morgan fingerprint density at radius 3 is 2.84 bits per heavy atom. The quantitative estimate of drug-likeness (QED) is 0.831. The number of H-pyrrole nitrogens is 1. The maximum Gasteiger partial charge on any atom is 0.344 e. The smallest absolute Gasteiger partial charge is 0.344 e. The van der Waals surface area contributed by atoms with Crippen LogP contribution in [0, 0.1) is 11.3 Å². The molecule has 1 aromatic heterocycles. The minimum Gasteiger partial charge on any atom is -0.398 e. The van der Waals surface area contributed by atoms with Crippen LogP contribution in [0.25, 0.3) is 0 Å². The maximum atomic E-state index is 11.6. The number of nitrogens with two attached hydrogens (primary N) is 1. The van der Waals surface area contributed by atoms with Gasteiger partial charge in [0.05, 0.1) is 11.6 Å². The Labute approximate surface area is 114 Å². The second-order valence-electron chi connectivity index (χ2n) is 4.24. The topological polar surface area (TPSA) is 100 Å². The van der Waals surface area contributed by atoms with Gasteiger partial charge in [0.25, 0.3) is 0 Å². The lowest BCUT2D eigenvalue weighted by molar-refractivity contribution is 0.534. The zero-order valence-electron chi connectivity index (χ0n) is 10.5. The predicted molar refractivity (Wildman–Crippen MR) is 72.9 cm³/mol. The van der Waals surface area contributed by atoms with E-state index >= 15 is 0 Å². The minimum absolute atomic E-state index is 0.00774. The number of nitrogen functional groups attached to an aromatic ring is 1. The number of aromatic nitrogens is 3. The summed E-state index contributed by atoms with van der Waals surface area (Å²) < 4.78 is 1.56. The summed E-state index contributed by atoms with van der Waals surface area (Å²) in [4.78, 5) is 12.4. The molecule has 0 saturated heterocycles. The number of anilines is 1. The van der Waals surface area contributed by atoms with Crippen molar-refractivity contribution in [2.75, 3.05) is 5.73 Å². The molecule has 0 unspecified atom stereocenters. The first-order valence-electron chi connectivity index (χ1n) is 5.67. The molecule has 0 aliphatic carbocycles. The first-order valence-corrected chi connectivity index (χ1v) is 6.49. The summed E-state index contributed by atoms with van der Waals surface area (Å²) in [6.45, 7) is 3.81. The van der Waals surface area contributed by atoms with Crippen molar-refractivity contribution < 1.29 is 0 Å². The van der Waals surface area contributed by atoms with E-state index in [-0.39, 0.29) is 11.7 Å². The average Bonchev–Trinajstić information content (AvgIpc) is 2.73. The monoisotopic (exact) mass is 275 g/mol. The first kappa shape index (κ1) is 13.2. The molecule has 1 aromatic carbocycles. The predicted octanol–water partition coefficient (Wildman–Crippen LogP) is 1.76. The molecule has 0 aliphatic rings. The molecule has 7 heteroatoms. The molecular formula is C12H13N5OS. The van der Waals surface area contributed by atoms with E-state index in [0.29, 0.717) is 16.4 Å². The van der Waals surface area contributed by atoms with E-state index in [9.17, 15) is 4.79 Å². The summed E-state index contributed by atoms with van der Waals surface area (Å²) in [5.41, 5.74) is 6.63. The van der Waals surface area contributed by atoms with Gasteiger partial charge in [-0.05, 0) is 43.8 Å². The third-order valence-corrected chi connectivity index (χ3v) is 3.59. The number of hydrogen-bond acceptors (Lipinski definition) is 5. The third kappa shape index (κ3) is 2.63. The van der Waals surface area contributed by atoms with E-state index in [1.54, 1.807) is 22.8 Å². The molecule has 0 aliphatic heterocycles. The summed E-state index contributed by atoms with van der Waals surface area (Å²) in [5.74, 6) is 0. The molecule has 0 spiro atoms. The molecule has 0 fully saturated rings. The molecule has 2 aromatic rings. The Morgan fingerprint density at radius 1 is 1.53 bits per heavy atom. The van der Waals surface area contributed by atoms with Crippen molar-refractivity contribution in [3.05, 3.63) is 34.2 Å². The largest absolute Gasteiger partial charge is 0.398 e. The van der Waals surface area contributed by atoms with Crippen LogP contribution in [0.2, 0.25) is 0 Å². The Hall–Kier alpha value is -2.20. The zero-order valence-corrected chi connectivity index (χ0v) is 11.4. The molecule has 0 bridgehead atoms. The summed E-state index contributed by atoms with van der Waals surface area (Å²) in [7, 11) is 0. The highest BCUT2D eigenvalue weighted by Gasteiger charge is 2.14. The van der Waals surface area contributed by atoms with Crippen LogP contribution in [-0.4, -0.2) is 14.8 Å². The van der Waals surface area contributed by atoms with Crippen molar-refractivity contribution in [1.82, 2.24) is 14.8 Å². The Kier molecular flexibility index (Phi) is 3.62. The molecule has 6 nitrogen and oxygen atoms in total. The number of aromatic amines is 1. The number of nitriles is 1. The SMILES string of the molecule is CC(C)n1c(Sc2ccc(C#N)cc2N)n[nH]c1=O. The van der Waals surface area contributed by atoms with Gasteiger partial charge in [-0.3, -0.25) is 4.57 Å². The van der Waals surface area contributed by atoms with Gasteiger partial charge in [-0.25, -0.2) is 9.89 Å². The van der Waals surface area contributed by atoms with E-state index in [0.717, 1.165) is 4.90 Å². The van der Waals surface area contributed by atoms with Crippen molar-refractivity contribution in [3.63, 3.8) is 0 Å². The fourth-order valence-electron chi connectivity index (χ4n) is 1.63. The van der Waals surface area contributed by atoms with Gasteiger partial charge < -0.3 is 5.73 Å². The van der Waals surface area contributed by atoms with Gasteiger partial charge in [0.2, 0.25) is 0 Å². The van der Waals surface area contributed by atoms with Crippen LogP contribution in [0.15, 0.2) is 33.0 Å². The van der Waals surface area contributed by atoms with Crippen molar-refractivity contribution in [3.8, 4) is 6.07 Å². The van der Waals surface area contributed by atoms with E-state index in [1.165, 1.54) is 11.8 Å². The normalized spacial score (nSPS) is 10.6. The number of nitrogens with zero attached hydrogens (tertiary/aromatic N) is 3. The molecule has 1 heterocycles. The number of hydrogen-bond donors (Lipinski definition) is 2. The average molecular weight is 275 g/mol. The lowest BCUT2D eigenvalue weighted by Gasteiger charge is -2.09. The fraction of sp³-hybridized carbons (Fsp3) is 0.250. The Bertz CT molecular complexity index is 695. The molecule has 98 valence electrons. The molecular weight excluding hydrogens is 262 g/mol. The molecule has 0 atom stereocenters. The van der Waals surface area contributed by atoms with Crippen molar-refractivity contribution in [2.24, 2.45) is 0 Å². The van der Waals surface area contributed by atoms with Gasteiger partial charge in [-0.1, -0.05) is 0 Å². The summed E-state index contributed by atoms with van der Waals surface area (Å²) in [6, 6.07) is 7.07. The van der Waals surface area contributed by atoms with Crippen LogP contribution in [-0.2, 0) is 0 Å². The van der Waals surface area contributed by atoms with Gasteiger partial charge in [-0.15, -0.1) is 5.10 Å². The molecule has 0 amide bonds. The van der Waals surface area contributed by atoms with Crippen molar-refractivity contribution in [2.45, 2.75) is 29.9 Å². The van der Waals surface area contributed by atoms with Gasteiger partial charge in [0.15, 0.2) is 5.16 Å². The lowest BCUT2D eigenvalue weighted by Crippen LogP contribution is -2.19. The van der Waals surface area contributed by atoms with Crippen LogP contribution in [0.3, 0.4) is 0 Å². The highest BCUT2D eigenvalue weighted by atomic mass is 32.2. The molecule has 2 rings (SSSR count). The highest BCUT2D eigenvalue weighted by molar-refractivity contribution is 7.99. The summed E-state index contributed by atoms with van der Waals surface area (Å²) in [5, 5.41) is 15.7. The Balaban J connectivity index is 2.37. The van der Waals surface area contributed by atoms with Crippen LogP contribution < -0.4 is 11.4 Å². The molecule has 0 saturated carbocycles. The van der Waals surface area contributed by atoms with E-state index in [4.69, 9.17) is 11.0 Å². The summed E-state index contributed by atoms with van der Waals surface area (Å²) in [6.07, 6.45) is 0. The van der Waals surface area contributed by atoms with Crippen LogP contribution >= 0.6 is 11.8 Å². The third-order valence-electron chi connectivity index (χ3n) is 2.53. The minimum atomic E-state index is -0.246. The van der Waals surface area contributed by atoms with E-state index in [2.05, 4.69) is 10.2 Å². The highest BCUT2D eigenvalue weighted by Crippen LogP contribution is 2.31. The lowest BCUT2D eigenvalue weighted by atomic mass is 10.2. The van der Waals surface area contributed by atoms with Gasteiger partial charge >= 0.3 is 5.69 Å². The second kappa shape index (κ2) is 5.20. The van der Waals surface area contributed by atoms with E-state index < -0.39 is 0 Å². The fourth-order valence-corrected chi connectivity index (χ4v) is 2.62. The van der Waals surface area contributed by atoms with E-state index in [1.807, 2.05) is 19.9 Å². The van der Waals surface area contributed by atoms with Crippen LogP contribution in [0.4, 0.5) is 5.69 Å². The van der Waals surface area contributed by atoms with Gasteiger partial charge in [0.1, 0.15) is 0 Å². The van der Waals surface area contributed by atoms with Crippen molar-refractivity contribution in [1.29, 1.82) is 5.26 Å². The van der Waals surface area contributed by atoms with Gasteiger partial charge in [0, 0.05) is 16.6 Å². The number of benzene rings is 1. The molecule has 19 heavy (non-hydrogen) atoms. The van der Waals surface area contributed by atoms with Crippen LogP contribution in [0.5, 0.6) is 0 Å². The number of rotatable bonds is 3. The Morgan fingerprint density at radius 2 is 2.26 bits per heavy atom. The van der Waals surface area contributed by atoms with Crippen LogP contribution in [0.1, 0.15) is 25.5 Å².